The van der Waals surface area contributed by atoms with Gasteiger partial charge in [0.2, 0.25) is 0 Å². The SMILES string of the molecule is CO[C@]1(C)CC(C)O[C@@H](C)[C@@H]1C.CO[C@]1(C)CC(C)O[C@@H](C)[C@@H]1O. The number of hydrogen-bond acceptors (Lipinski definition) is 5. The van der Waals surface area contributed by atoms with Crippen LogP contribution in [0, 0.1) is 5.92 Å². The van der Waals surface area contributed by atoms with Crippen LogP contribution in [0.15, 0.2) is 0 Å². The highest BCUT2D eigenvalue weighted by Gasteiger charge is 2.43. The van der Waals surface area contributed by atoms with Crippen molar-refractivity contribution < 1.29 is 24.1 Å². The summed E-state index contributed by atoms with van der Waals surface area (Å²) in [7, 11) is 3.43. The molecule has 5 nitrogen and oxygen atoms in total. The van der Waals surface area contributed by atoms with Gasteiger partial charge in [0.15, 0.2) is 0 Å². The lowest BCUT2D eigenvalue weighted by Gasteiger charge is -2.44. The van der Waals surface area contributed by atoms with E-state index in [9.17, 15) is 5.11 Å². The molecule has 0 aromatic rings. The lowest BCUT2D eigenvalue weighted by atomic mass is 9.80. The average Bonchev–Trinajstić information content (AvgIpc) is 2.50. The third-order valence-corrected chi connectivity index (χ3v) is 5.95. The van der Waals surface area contributed by atoms with E-state index < -0.39 is 11.7 Å². The number of rotatable bonds is 2. The molecule has 0 aromatic heterocycles. The van der Waals surface area contributed by atoms with Crippen LogP contribution in [0.3, 0.4) is 0 Å². The summed E-state index contributed by atoms with van der Waals surface area (Å²) >= 11 is 0. The maximum Gasteiger partial charge on any atom is 0.109 e. The van der Waals surface area contributed by atoms with Crippen LogP contribution in [0.5, 0.6) is 0 Å². The van der Waals surface area contributed by atoms with Crippen LogP contribution < -0.4 is 0 Å². The fourth-order valence-electron chi connectivity index (χ4n) is 3.94. The first-order chi connectivity index (χ1) is 11.0. The monoisotopic (exact) mass is 346 g/mol. The Hall–Kier alpha value is -0.200. The van der Waals surface area contributed by atoms with Crippen LogP contribution in [-0.4, -0.2) is 61.0 Å². The van der Waals surface area contributed by atoms with Crippen LogP contribution in [0.25, 0.3) is 0 Å². The topological polar surface area (TPSA) is 57.2 Å². The second kappa shape index (κ2) is 8.45. The van der Waals surface area contributed by atoms with Gasteiger partial charge >= 0.3 is 0 Å². The highest BCUT2D eigenvalue weighted by atomic mass is 16.5. The molecule has 0 spiro atoms. The normalized spacial score (nSPS) is 49.2. The Kier molecular flexibility index (Phi) is 7.69. The van der Waals surface area contributed by atoms with Gasteiger partial charge in [0.25, 0.3) is 0 Å². The van der Waals surface area contributed by atoms with E-state index in [4.69, 9.17) is 18.9 Å². The second-order valence-electron chi connectivity index (χ2n) is 7.98. The highest BCUT2D eigenvalue weighted by molar-refractivity contribution is 4.93. The van der Waals surface area contributed by atoms with Crippen LogP contribution in [0.1, 0.15) is 61.3 Å². The fraction of sp³-hybridized carbons (Fsp3) is 1.00. The number of ether oxygens (including phenoxy) is 4. The molecule has 2 unspecified atom stereocenters. The molecule has 2 saturated heterocycles. The predicted molar refractivity (Wildman–Crippen MR) is 95.3 cm³/mol. The van der Waals surface area contributed by atoms with Crippen molar-refractivity contribution >= 4 is 0 Å². The van der Waals surface area contributed by atoms with E-state index in [2.05, 4.69) is 27.7 Å². The molecule has 0 radical (unpaired) electrons. The van der Waals surface area contributed by atoms with E-state index in [1.807, 2.05) is 20.8 Å². The van der Waals surface area contributed by atoms with Crippen LogP contribution >= 0.6 is 0 Å². The first kappa shape index (κ1) is 21.8. The minimum Gasteiger partial charge on any atom is -0.387 e. The Labute approximate surface area is 148 Å². The van der Waals surface area contributed by atoms with Crippen molar-refractivity contribution in [3.63, 3.8) is 0 Å². The van der Waals surface area contributed by atoms with E-state index in [-0.39, 0.29) is 17.8 Å². The summed E-state index contributed by atoms with van der Waals surface area (Å²) in [5.41, 5.74) is -0.450. The van der Waals surface area contributed by atoms with Gasteiger partial charge in [0, 0.05) is 33.0 Å². The Morgan fingerprint density at radius 1 is 0.792 bits per heavy atom. The third-order valence-electron chi connectivity index (χ3n) is 5.95. The van der Waals surface area contributed by atoms with Crippen molar-refractivity contribution in [3.8, 4) is 0 Å². The van der Waals surface area contributed by atoms with Gasteiger partial charge in [-0.25, -0.2) is 0 Å². The standard InChI is InChI=1S/C10H20O2.C9H18O3/c1-7-6-10(4,11-5)8(2)9(3)12-7;1-6-5-9(3,11-4)8(10)7(2)12-6/h7-9H,6H2,1-5H3;6-8,10H,5H2,1-4H3/t7?,8-,9-,10+;6?,7-,8-,9+/m00/s1. The molecule has 2 heterocycles. The Morgan fingerprint density at radius 3 is 1.67 bits per heavy atom. The number of aliphatic hydroxyl groups excluding tert-OH is 1. The van der Waals surface area contributed by atoms with Crippen molar-refractivity contribution in [2.45, 2.75) is 103 Å². The smallest absolute Gasteiger partial charge is 0.109 e. The molecule has 8 atom stereocenters. The molecule has 1 N–H and O–H groups in total. The van der Waals surface area contributed by atoms with E-state index >= 15 is 0 Å². The number of aliphatic hydroxyl groups is 1. The Bertz CT molecular complexity index is 354. The van der Waals surface area contributed by atoms with Gasteiger partial charge < -0.3 is 24.1 Å². The predicted octanol–water partition coefficient (Wildman–Crippen LogP) is 3.17. The summed E-state index contributed by atoms with van der Waals surface area (Å²) in [4.78, 5) is 0. The average molecular weight is 347 g/mol. The van der Waals surface area contributed by atoms with E-state index in [1.165, 1.54) is 0 Å². The molecular weight excluding hydrogens is 308 g/mol. The van der Waals surface area contributed by atoms with Crippen LogP contribution in [0.2, 0.25) is 0 Å². The summed E-state index contributed by atoms with van der Waals surface area (Å²) in [5.74, 6) is 0.471. The molecule has 0 aromatic carbocycles. The molecule has 2 aliphatic heterocycles. The summed E-state index contributed by atoms with van der Waals surface area (Å²) in [6, 6.07) is 0. The van der Waals surface area contributed by atoms with Crippen molar-refractivity contribution in [1.29, 1.82) is 0 Å². The van der Waals surface area contributed by atoms with Gasteiger partial charge in [-0.05, 0) is 41.5 Å². The van der Waals surface area contributed by atoms with Crippen molar-refractivity contribution in [2.24, 2.45) is 5.92 Å². The highest BCUT2D eigenvalue weighted by Crippen LogP contribution is 2.36. The van der Waals surface area contributed by atoms with Gasteiger partial charge in [0.1, 0.15) is 6.10 Å². The molecule has 0 saturated carbocycles. The van der Waals surface area contributed by atoms with Crippen LogP contribution in [-0.2, 0) is 18.9 Å². The first-order valence-corrected chi connectivity index (χ1v) is 9.08. The van der Waals surface area contributed by atoms with Gasteiger partial charge in [0.05, 0.1) is 35.6 Å². The van der Waals surface area contributed by atoms with Crippen LogP contribution in [0.4, 0.5) is 0 Å². The molecule has 0 bridgehead atoms. The molecular formula is C19H38O5. The summed E-state index contributed by atoms with van der Waals surface area (Å²) in [6.07, 6.45) is 1.86. The van der Waals surface area contributed by atoms with Gasteiger partial charge in [-0.2, -0.15) is 0 Å². The molecule has 5 heteroatoms. The molecule has 24 heavy (non-hydrogen) atoms. The molecule has 2 rings (SSSR count). The first-order valence-electron chi connectivity index (χ1n) is 9.08. The summed E-state index contributed by atoms with van der Waals surface area (Å²) in [6.45, 7) is 14.4. The zero-order valence-electron chi connectivity index (χ0n) is 17.0. The minimum atomic E-state index is -0.529. The molecule has 144 valence electrons. The van der Waals surface area contributed by atoms with E-state index in [0.29, 0.717) is 18.1 Å². The van der Waals surface area contributed by atoms with E-state index in [1.54, 1.807) is 14.2 Å². The molecule has 2 aliphatic rings. The number of methoxy groups -OCH3 is 2. The zero-order valence-corrected chi connectivity index (χ0v) is 17.0. The maximum absolute atomic E-state index is 9.76. The summed E-state index contributed by atoms with van der Waals surface area (Å²) in [5, 5.41) is 9.76. The quantitative estimate of drug-likeness (QED) is 0.832. The minimum absolute atomic E-state index is 0.00289. The third kappa shape index (κ3) is 4.92. The molecule has 0 aliphatic carbocycles. The molecule has 2 fully saturated rings. The molecule has 0 amide bonds. The van der Waals surface area contributed by atoms with Gasteiger partial charge in [-0.15, -0.1) is 0 Å². The largest absolute Gasteiger partial charge is 0.387 e. The lowest BCUT2D eigenvalue weighted by molar-refractivity contribution is -0.210. The zero-order chi connectivity index (χ0) is 18.7. The van der Waals surface area contributed by atoms with Crippen molar-refractivity contribution in [3.05, 3.63) is 0 Å². The Balaban J connectivity index is 0.000000240. The van der Waals surface area contributed by atoms with E-state index in [0.717, 1.165) is 12.8 Å². The van der Waals surface area contributed by atoms with Crippen molar-refractivity contribution in [2.75, 3.05) is 14.2 Å². The number of hydrogen-bond donors (Lipinski definition) is 1. The fourth-order valence-corrected chi connectivity index (χ4v) is 3.94. The van der Waals surface area contributed by atoms with Gasteiger partial charge in [-0.3, -0.25) is 0 Å². The van der Waals surface area contributed by atoms with Gasteiger partial charge in [-0.1, -0.05) is 6.92 Å². The maximum atomic E-state index is 9.76. The van der Waals surface area contributed by atoms with Crippen molar-refractivity contribution in [1.82, 2.24) is 0 Å². The summed E-state index contributed by atoms with van der Waals surface area (Å²) < 4.78 is 22.0. The second-order valence-corrected chi connectivity index (χ2v) is 7.98. The Morgan fingerprint density at radius 2 is 1.21 bits per heavy atom. The lowest BCUT2D eigenvalue weighted by Crippen LogP contribution is -2.55.